The predicted molar refractivity (Wildman–Crippen MR) is 136 cm³/mol. The van der Waals surface area contributed by atoms with Crippen molar-refractivity contribution in [2.24, 2.45) is 5.92 Å². The summed E-state index contributed by atoms with van der Waals surface area (Å²) in [5.74, 6) is -1.26. The van der Waals surface area contributed by atoms with E-state index < -0.39 is 30.2 Å². The van der Waals surface area contributed by atoms with Gasteiger partial charge in [-0.25, -0.2) is 0 Å². The molecule has 1 atom stereocenters. The Morgan fingerprint density at radius 1 is 0.947 bits per heavy atom. The van der Waals surface area contributed by atoms with Crippen molar-refractivity contribution >= 4 is 29.1 Å². The number of nitrogens with zero attached hydrogens (tertiary/aromatic N) is 1. The molecule has 0 radical (unpaired) electrons. The van der Waals surface area contributed by atoms with E-state index in [2.05, 4.69) is 10.6 Å². The number of carbonyl (C=O) groups excluding carboxylic acids is 3. The topological polar surface area (TPSA) is 87.7 Å². The van der Waals surface area contributed by atoms with E-state index in [0.29, 0.717) is 24.4 Å². The summed E-state index contributed by atoms with van der Waals surface area (Å²) in [5.41, 5.74) is 0.389. The second-order valence-electron chi connectivity index (χ2n) is 8.81. The van der Waals surface area contributed by atoms with Crippen molar-refractivity contribution in [3.63, 3.8) is 0 Å². The minimum absolute atomic E-state index is 0.106. The number of benzene rings is 3. The number of halogens is 3. The minimum Gasteiger partial charge on any atom is -0.484 e. The van der Waals surface area contributed by atoms with Crippen LogP contribution in [-0.2, 0) is 27.0 Å². The monoisotopic (exact) mass is 525 g/mol. The van der Waals surface area contributed by atoms with Crippen molar-refractivity contribution in [2.75, 3.05) is 29.9 Å². The fourth-order valence-corrected chi connectivity index (χ4v) is 4.15. The van der Waals surface area contributed by atoms with Crippen LogP contribution < -0.4 is 20.3 Å². The Labute approximate surface area is 217 Å². The van der Waals surface area contributed by atoms with Crippen LogP contribution in [0.5, 0.6) is 5.75 Å². The molecule has 1 saturated heterocycles. The predicted octanol–water partition coefficient (Wildman–Crippen LogP) is 4.43. The molecule has 1 heterocycles. The number of hydrogen-bond acceptors (Lipinski definition) is 4. The van der Waals surface area contributed by atoms with Crippen LogP contribution in [0.25, 0.3) is 0 Å². The summed E-state index contributed by atoms with van der Waals surface area (Å²) < 4.78 is 44.7. The highest BCUT2D eigenvalue weighted by molar-refractivity contribution is 6.00. The number of ether oxygens (including phenoxy) is 1. The summed E-state index contributed by atoms with van der Waals surface area (Å²) in [6.45, 7) is 0.228. The molecule has 0 saturated carbocycles. The maximum Gasteiger partial charge on any atom is 0.418 e. The average Bonchev–Trinajstić information content (AvgIpc) is 3.29. The van der Waals surface area contributed by atoms with Crippen LogP contribution >= 0.6 is 0 Å². The molecule has 3 amide bonds. The highest BCUT2D eigenvalue weighted by atomic mass is 19.4. The quantitative estimate of drug-likeness (QED) is 0.433. The molecule has 0 bridgehead atoms. The zero-order valence-electron chi connectivity index (χ0n) is 20.3. The van der Waals surface area contributed by atoms with E-state index in [-0.39, 0.29) is 30.5 Å². The van der Waals surface area contributed by atoms with Gasteiger partial charge in [-0.15, -0.1) is 0 Å². The van der Waals surface area contributed by atoms with E-state index in [0.717, 1.165) is 11.6 Å². The number of alkyl halides is 3. The Bertz CT molecular complexity index is 1280. The van der Waals surface area contributed by atoms with Crippen molar-refractivity contribution in [2.45, 2.75) is 19.0 Å². The highest BCUT2D eigenvalue weighted by Gasteiger charge is 2.35. The molecule has 0 spiro atoms. The SMILES string of the molecule is O=C(COc1ccc(N2C[C@H](C(=O)NCCc3ccccc3)CC2=O)cc1)Nc1ccccc1C(F)(F)F. The zero-order chi connectivity index (χ0) is 27.1. The lowest BCUT2D eigenvalue weighted by atomic mass is 10.1. The number of rotatable bonds is 9. The van der Waals surface area contributed by atoms with Crippen LogP contribution in [0.1, 0.15) is 17.5 Å². The van der Waals surface area contributed by atoms with Gasteiger partial charge >= 0.3 is 6.18 Å². The van der Waals surface area contributed by atoms with Gasteiger partial charge in [-0.3, -0.25) is 14.4 Å². The molecule has 1 fully saturated rings. The van der Waals surface area contributed by atoms with Gasteiger partial charge in [0.1, 0.15) is 5.75 Å². The first kappa shape index (κ1) is 26.7. The molecular weight excluding hydrogens is 499 g/mol. The lowest BCUT2D eigenvalue weighted by molar-refractivity contribution is -0.137. The Hall–Kier alpha value is -4.34. The van der Waals surface area contributed by atoms with Crippen LogP contribution in [0.3, 0.4) is 0 Å². The summed E-state index contributed by atoms with van der Waals surface area (Å²) in [5, 5.41) is 5.11. The molecule has 198 valence electrons. The van der Waals surface area contributed by atoms with Gasteiger partial charge in [0.05, 0.1) is 17.2 Å². The van der Waals surface area contributed by atoms with Gasteiger partial charge in [-0.2, -0.15) is 13.2 Å². The van der Waals surface area contributed by atoms with E-state index in [1.165, 1.54) is 23.1 Å². The smallest absolute Gasteiger partial charge is 0.418 e. The highest BCUT2D eigenvalue weighted by Crippen LogP contribution is 2.34. The molecule has 4 rings (SSSR count). The third-order valence-corrected chi connectivity index (χ3v) is 6.08. The van der Waals surface area contributed by atoms with Crippen molar-refractivity contribution in [3.05, 3.63) is 90.0 Å². The summed E-state index contributed by atoms with van der Waals surface area (Å²) in [6.07, 6.45) is -3.80. The first-order valence-electron chi connectivity index (χ1n) is 12.0. The fourth-order valence-electron chi connectivity index (χ4n) is 4.15. The van der Waals surface area contributed by atoms with E-state index in [9.17, 15) is 27.6 Å². The third-order valence-electron chi connectivity index (χ3n) is 6.08. The Morgan fingerprint density at radius 2 is 1.63 bits per heavy atom. The number of para-hydroxylation sites is 1. The van der Waals surface area contributed by atoms with Crippen LogP contribution in [0.2, 0.25) is 0 Å². The largest absolute Gasteiger partial charge is 0.484 e. The normalized spacial score (nSPS) is 15.3. The first-order chi connectivity index (χ1) is 18.2. The number of anilines is 2. The molecule has 38 heavy (non-hydrogen) atoms. The van der Waals surface area contributed by atoms with Gasteiger partial charge in [0, 0.05) is 25.2 Å². The molecule has 10 heteroatoms. The molecule has 1 aliphatic rings. The van der Waals surface area contributed by atoms with Gasteiger partial charge < -0.3 is 20.3 Å². The zero-order valence-corrected chi connectivity index (χ0v) is 20.3. The van der Waals surface area contributed by atoms with Gasteiger partial charge in [-0.1, -0.05) is 42.5 Å². The maximum atomic E-state index is 13.1. The lowest BCUT2D eigenvalue weighted by Crippen LogP contribution is -2.34. The summed E-state index contributed by atoms with van der Waals surface area (Å²) in [7, 11) is 0. The Morgan fingerprint density at radius 3 is 2.34 bits per heavy atom. The van der Waals surface area contributed by atoms with E-state index in [4.69, 9.17) is 4.74 Å². The van der Waals surface area contributed by atoms with Gasteiger partial charge in [0.2, 0.25) is 11.8 Å². The van der Waals surface area contributed by atoms with Crippen LogP contribution in [-0.4, -0.2) is 37.4 Å². The molecule has 2 N–H and O–H groups in total. The van der Waals surface area contributed by atoms with Crippen LogP contribution in [0.15, 0.2) is 78.9 Å². The van der Waals surface area contributed by atoms with Gasteiger partial charge in [0.25, 0.3) is 5.91 Å². The van der Waals surface area contributed by atoms with Crippen molar-refractivity contribution in [1.29, 1.82) is 0 Å². The van der Waals surface area contributed by atoms with E-state index in [1.807, 2.05) is 30.3 Å². The van der Waals surface area contributed by atoms with Crippen molar-refractivity contribution < 1.29 is 32.3 Å². The Kier molecular flexibility index (Phi) is 8.30. The second-order valence-corrected chi connectivity index (χ2v) is 8.81. The third kappa shape index (κ3) is 6.90. The van der Waals surface area contributed by atoms with Crippen LogP contribution in [0, 0.1) is 5.92 Å². The molecule has 1 aliphatic heterocycles. The standard InChI is InChI=1S/C28H26F3N3O4/c29-28(30,31)23-8-4-5-9-24(23)33-25(35)18-38-22-12-10-21(11-13-22)34-17-20(16-26(34)36)27(37)32-15-14-19-6-2-1-3-7-19/h1-13,20H,14-18H2,(H,32,37)(H,33,35)/t20-/m1/s1. The molecular formula is C28H26F3N3O4. The van der Waals surface area contributed by atoms with Crippen molar-refractivity contribution in [1.82, 2.24) is 5.32 Å². The molecule has 3 aromatic rings. The number of hydrogen-bond donors (Lipinski definition) is 2. The average molecular weight is 526 g/mol. The second kappa shape index (κ2) is 11.8. The van der Waals surface area contributed by atoms with Gasteiger partial charge in [0.15, 0.2) is 6.61 Å². The van der Waals surface area contributed by atoms with E-state index >= 15 is 0 Å². The van der Waals surface area contributed by atoms with Crippen molar-refractivity contribution in [3.8, 4) is 5.75 Å². The number of carbonyl (C=O) groups is 3. The molecule has 0 aromatic heterocycles. The molecule has 7 nitrogen and oxygen atoms in total. The summed E-state index contributed by atoms with van der Waals surface area (Å²) in [4.78, 5) is 38.8. The minimum atomic E-state index is -4.60. The summed E-state index contributed by atoms with van der Waals surface area (Å²) in [6, 6.07) is 20.8. The molecule has 0 aliphatic carbocycles. The molecule has 3 aromatic carbocycles. The number of nitrogens with one attached hydrogen (secondary N) is 2. The summed E-state index contributed by atoms with van der Waals surface area (Å²) >= 11 is 0. The van der Waals surface area contributed by atoms with Gasteiger partial charge in [-0.05, 0) is 48.4 Å². The first-order valence-corrected chi connectivity index (χ1v) is 12.0. The number of amides is 3. The van der Waals surface area contributed by atoms with Crippen LogP contribution in [0.4, 0.5) is 24.5 Å². The fraction of sp³-hybridized carbons (Fsp3) is 0.250. The molecule has 0 unspecified atom stereocenters. The lowest BCUT2D eigenvalue weighted by Gasteiger charge is -2.17. The van der Waals surface area contributed by atoms with E-state index in [1.54, 1.807) is 24.3 Å². The Balaban J connectivity index is 1.26. The maximum absolute atomic E-state index is 13.1.